The van der Waals surface area contributed by atoms with E-state index in [1.807, 2.05) is 12.1 Å². The first kappa shape index (κ1) is 15.7. The van der Waals surface area contributed by atoms with E-state index in [0.717, 1.165) is 25.3 Å². The highest BCUT2D eigenvalue weighted by Crippen LogP contribution is 2.23. The summed E-state index contributed by atoms with van der Waals surface area (Å²) in [6, 6.07) is 10.5. The standard InChI is InChI=1S/C17H20N2O.ClH/c1-12-5-6-17-16(10-12)15(13(2)19-17)7-8-18-11-14-4-3-9-20-14;/h3-6,9-10,18-19H,7-8,11H2,1-2H3;1H. The number of aryl methyl sites for hydroxylation is 2. The maximum absolute atomic E-state index is 5.31. The minimum Gasteiger partial charge on any atom is -0.468 e. The van der Waals surface area contributed by atoms with Gasteiger partial charge in [0.1, 0.15) is 5.76 Å². The van der Waals surface area contributed by atoms with E-state index in [4.69, 9.17) is 4.42 Å². The van der Waals surface area contributed by atoms with Gasteiger partial charge in [-0.15, -0.1) is 12.4 Å². The number of fused-ring (bicyclic) bond motifs is 1. The molecule has 3 aromatic rings. The van der Waals surface area contributed by atoms with Crippen LogP contribution in [0.25, 0.3) is 10.9 Å². The molecule has 3 nitrogen and oxygen atoms in total. The quantitative estimate of drug-likeness (QED) is 0.696. The highest BCUT2D eigenvalue weighted by atomic mass is 35.5. The van der Waals surface area contributed by atoms with Crippen molar-refractivity contribution in [2.24, 2.45) is 0 Å². The van der Waals surface area contributed by atoms with Crippen molar-refractivity contribution in [3.63, 3.8) is 0 Å². The van der Waals surface area contributed by atoms with Crippen molar-refractivity contribution < 1.29 is 4.42 Å². The molecule has 21 heavy (non-hydrogen) atoms. The molecule has 0 aliphatic heterocycles. The predicted octanol–water partition coefficient (Wildman–Crippen LogP) is 4.13. The average molecular weight is 305 g/mol. The van der Waals surface area contributed by atoms with Crippen LogP contribution in [0.1, 0.15) is 22.6 Å². The Kier molecular flexibility index (Phi) is 5.10. The molecule has 0 spiro atoms. The summed E-state index contributed by atoms with van der Waals surface area (Å²) in [6.45, 7) is 6.02. The molecule has 2 N–H and O–H groups in total. The second-order valence-corrected chi connectivity index (χ2v) is 5.28. The Bertz CT molecular complexity index is 701. The second kappa shape index (κ2) is 6.83. The lowest BCUT2D eigenvalue weighted by atomic mass is 10.1. The third-order valence-corrected chi connectivity index (χ3v) is 3.71. The zero-order valence-corrected chi connectivity index (χ0v) is 13.2. The van der Waals surface area contributed by atoms with Gasteiger partial charge in [0.05, 0.1) is 12.8 Å². The van der Waals surface area contributed by atoms with Crippen molar-refractivity contribution in [2.45, 2.75) is 26.8 Å². The normalized spacial score (nSPS) is 10.8. The molecule has 0 atom stereocenters. The lowest BCUT2D eigenvalue weighted by Crippen LogP contribution is -2.16. The summed E-state index contributed by atoms with van der Waals surface area (Å²) in [5, 5.41) is 4.77. The maximum atomic E-state index is 5.31. The Morgan fingerprint density at radius 3 is 2.81 bits per heavy atom. The fraction of sp³-hybridized carbons (Fsp3) is 0.294. The monoisotopic (exact) mass is 304 g/mol. The molecule has 0 bridgehead atoms. The number of hydrogen-bond acceptors (Lipinski definition) is 2. The van der Waals surface area contributed by atoms with Gasteiger partial charge in [-0.1, -0.05) is 11.6 Å². The van der Waals surface area contributed by atoms with Crippen LogP contribution in [0, 0.1) is 13.8 Å². The minimum atomic E-state index is 0. The number of nitrogens with one attached hydrogen (secondary N) is 2. The number of aromatic amines is 1. The highest BCUT2D eigenvalue weighted by molar-refractivity contribution is 5.85. The van der Waals surface area contributed by atoms with E-state index >= 15 is 0 Å². The van der Waals surface area contributed by atoms with Crippen molar-refractivity contribution in [3.8, 4) is 0 Å². The fourth-order valence-corrected chi connectivity index (χ4v) is 2.66. The first-order valence-corrected chi connectivity index (χ1v) is 7.05. The zero-order valence-electron chi connectivity index (χ0n) is 12.4. The van der Waals surface area contributed by atoms with Crippen LogP contribution in [0.5, 0.6) is 0 Å². The Hall–Kier alpha value is -1.71. The zero-order chi connectivity index (χ0) is 13.9. The number of halogens is 1. The second-order valence-electron chi connectivity index (χ2n) is 5.28. The third kappa shape index (κ3) is 3.49. The van der Waals surface area contributed by atoms with Gasteiger partial charge in [-0.05, 0) is 56.6 Å². The number of aromatic nitrogens is 1. The van der Waals surface area contributed by atoms with Gasteiger partial charge in [-0.25, -0.2) is 0 Å². The van der Waals surface area contributed by atoms with E-state index < -0.39 is 0 Å². The summed E-state index contributed by atoms with van der Waals surface area (Å²) in [7, 11) is 0. The van der Waals surface area contributed by atoms with E-state index in [1.165, 1.54) is 27.7 Å². The summed E-state index contributed by atoms with van der Waals surface area (Å²) in [6.07, 6.45) is 2.74. The first-order valence-electron chi connectivity index (χ1n) is 7.05. The topological polar surface area (TPSA) is 41.0 Å². The molecule has 2 aromatic heterocycles. The molecule has 0 radical (unpaired) electrons. The van der Waals surface area contributed by atoms with Crippen LogP contribution in [0.2, 0.25) is 0 Å². The highest BCUT2D eigenvalue weighted by Gasteiger charge is 2.08. The lowest BCUT2D eigenvalue weighted by Gasteiger charge is -2.04. The van der Waals surface area contributed by atoms with Crippen LogP contribution >= 0.6 is 12.4 Å². The molecule has 1 aromatic carbocycles. The number of rotatable bonds is 5. The van der Waals surface area contributed by atoms with E-state index in [0.29, 0.717) is 0 Å². The number of benzene rings is 1. The Morgan fingerprint density at radius 2 is 2.05 bits per heavy atom. The fourth-order valence-electron chi connectivity index (χ4n) is 2.66. The van der Waals surface area contributed by atoms with Gasteiger partial charge in [0.25, 0.3) is 0 Å². The van der Waals surface area contributed by atoms with Crippen LogP contribution in [0.4, 0.5) is 0 Å². The Labute approximate surface area is 131 Å². The van der Waals surface area contributed by atoms with E-state index in [-0.39, 0.29) is 12.4 Å². The first-order chi connectivity index (χ1) is 9.74. The molecule has 0 amide bonds. The van der Waals surface area contributed by atoms with Crippen molar-refractivity contribution >= 4 is 23.3 Å². The number of furan rings is 1. The summed E-state index contributed by atoms with van der Waals surface area (Å²) in [5.74, 6) is 0.983. The van der Waals surface area contributed by atoms with Crippen LogP contribution in [0.3, 0.4) is 0 Å². The predicted molar refractivity (Wildman–Crippen MR) is 89.1 cm³/mol. The van der Waals surface area contributed by atoms with E-state index in [2.05, 4.69) is 42.3 Å². The lowest BCUT2D eigenvalue weighted by molar-refractivity contribution is 0.484. The van der Waals surface area contributed by atoms with E-state index in [9.17, 15) is 0 Å². The number of H-pyrrole nitrogens is 1. The summed E-state index contributed by atoms with van der Waals surface area (Å²) in [4.78, 5) is 3.46. The van der Waals surface area contributed by atoms with Gasteiger partial charge in [0.2, 0.25) is 0 Å². The van der Waals surface area contributed by atoms with Gasteiger partial charge in [0, 0.05) is 16.6 Å². The summed E-state index contributed by atoms with van der Waals surface area (Å²) >= 11 is 0. The van der Waals surface area contributed by atoms with Crippen LogP contribution in [-0.2, 0) is 13.0 Å². The van der Waals surface area contributed by atoms with Gasteiger partial charge in [0.15, 0.2) is 0 Å². The smallest absolute Gasteiger partial charge is 0.117 e. The van der Waals surface area contributed by atoms with Crippen LogP contribution in [-0.4, -0.2) is 11.5 Å². The maximum Gasteiger partial charge on any atom is 0.117 e. The average Bonchev–Trinajstić information content (AvgIpc) is 3.03. The molecule has 3 rings (SSSR count). The molecule has 0 aliphatic carbocycles. The van der Waals surface area contributed by atoms with E-state index in [1.54, 1.807) is 6.26 Å². The van der Waals surface area contributed by atoms with Crippen LogP contribution < -0.4 is 5.32 Å². The van der Waals surface area contributed by atoms with Crippen molar-refractivity contribution in [1.82, 2.24) is 10.3 Å². The molecular formula is C17H21ClN2O. The molecule has 0 saturated carbocycles. The third-order valence-electron chi connectivity index (χ3n) is 3.71. The molecule has 2 heterocycles. The minimum absolute atomic E-state index is 0. The van der Waals surface area contributed by atoms with Gasteiger partial charge in [-0.3, -0.25) is 0 Å². The number of hydrogen-bond donors (Lipinski definition) is 2. The molecule has 0 aliphatic rings. The molecular weight excluding hydrogens is 284 g/mol. The Balaban J connectivity index is 0.00000161. The molecule has 0 unspecified atom stereocenters. The van der Waals surface area contributed by atoms with Crippen molar-refractivity contribution in [1.29, 1.82) is 0 Å². The van der Waals surface area contributed by atoms with Crippen molar-refractivity contribution in [2.75, 3.05) is 6.54 Å². The largest absolute Gasteiger partial charge is 0.468 e. The van der Waals surface area contributed by atoms with Gasteiger partial charge in [-0.2, -0.15) is 0 Å². The van der Waals surface area contributed by atoms with Crippen molar-refractivity contribution in [3.05, 3.63) is 59.2 Å². The Morgan fingerprint density at radius 1 is 1.19 bits per heavy atom. The SMILES string of the molecule is Cc1ccc2[nH]c(C)c(CCNCc3ccco3)c2c1.Cl. The summed E-state index contributed by atoms with van der Waals surface area (Å²) in [5.41, 5.74) is 5.22. The molecule has 4 heteroatoms. The summed E-state index contributed by atoms with van der Waals surface area (Å²) < 4.78 is 5.31. The molecule has 0 fully saturated rings. The van der Waals surface area contributed by atoms with Crippen LogP contribution in [0.15, 0.2) is 41.0 Å². The van der Waals surface area contributed by atoms with Gasteiger partial charge >= 0.3 is 0 Å². The van der Waals surface area contributed by atoms with Gasteiger partial charge < -0.3 is 14.7 Å². The molecule has 112 valence electrons. The molecule has 0 saturated heterocycles.